The molecule has 2 N–H and O–H groups in total. The molecule has 0 amide bonds. The summed E-state index contributed by atoms with van der Waals surface area (Å²) >= 11 is 5.81. The Hall–Kier alpha value is -1.32. The molecule has 0 bridgehead atoms. The van der Waals surface area contributed by atoms with Gasteiger partial charge in [-0.25, -0.2) is 4.68 Å². The predicted molar refractivity (Wildman–Crippen MR) is 61.3 cm³/mol. The zero-order valence-corrected chi connectivity index (χ0v) is 8.98. The van der Waals surface area contributed by atoms with Crippen molar-refractivity contribution in [2.45, 2.75) is 6.42 Å². The molecule has 2 rings (SSSR count). The van der Waals surface area contributed by atoms with Gasteiger partial charge in [-0.3, -0.25) is 0 Å². The number of halogens is 1. The Morgan fingerprint density at radius 2 is 2.27 bits per heavy atom. The minimum atomic E-state index is 0.638. The van der Waals surface area contributed by atoms with Crippen molar-refractivity contribution in [2.75, 3.05) is 6.54 Å². The lowest BCUT2D eigenvalue weighted by Crippen LogP contribution is -2.03. The van der Waals surface area contributed by atoms with E-state index >= 15 is 0 Å². The summed E-state index contributed by atoms with van der Waals surface area (Å²) in [6, 6.07) is 8.11. The van der Waals surface area contributed by atoms with Crippen LogP contribution in [0, 0.1) is 0 Å². The van der Waals surface area contributed by atoms with Gasteiger partial charge in [0.2, 0.25) is 0 Å². The van der Waals surface area contributed by atoms with Gasteiger partial charge in [0.15, 0.2) is 0 Å². The number of hydrogen-bond donors (Lipinski definition) is 1. The monoisotopic (exact) mass is 221 g/mol. The smallest absolute Gasteiger partial charge is 0.0790 e. The lowest BCUT2D eigenvalue weighted by Gasteiger charge is -2.03. The molecule has 0 aliphatic heterocycles. The van der Waals surface area contributed by atoms with Crippen LogP contribution in [0.15, 0.2) is 36.7 Å². The highest BCUT2D eigenvalue weighted by Crippen LogP contribution is 2.13. The highest BCUT2D eigenvalue weighted by molar-refractivity contribution is 6.30. The van der Waals surface area contributed by atoms with Crippen molar-refractivity contribution in [3.63, 3.8) is 0 Å². The molecule has 0 saturated carbocycles. The molecular weight excluding hydrogens is 210 g/mol. The van der Waals surface area contributed by atoms with Crippen LogP contribution in [0.1, 0.15) is 5.56 Å². The average Bonchev–Trinajstić information content (AvgIpc) is 2.66. The fraction of sp³-hybridized carbons (Fsp3) is 0.182. The van der Waals surface area contributed by atoms with Crippen LogP contribution in [0.4, 0.5) is 0 Å². The second kappa shape index (κ2) is 4.47. The first-order valence-electron chi connectivity index (χ1n) is 4.79. The van der Waals surface area contributed by atoms with Crippen LogP contribution in [0.3, 0.4) is 0 Å². The number of hydrogen-bond acceptors (Lipinski definition) is 2. The van der Waals surface area contributed by atoms with E-state index in [1.54, 1.807) is 17.1 Å². The van der Waals surface area contributed by atoms with E-state index in [0.29, 0.717) is 11.6 Å². The summed E-state index contributed by atoms with van der Waals surface area (Å²) in [5.74, 6) is 0. The molecule has 0 aliphatic carbocycles. The van der Waals surface area contributed by atoms with Gasteiger partial charge in [0, 0.05) is 6.20 Å². The van der Waals surface area contributed by atoms with Crippen molar-refractivity contribution in [3.05, 3.63) is 47.2 Å². The normalized spacial score (nSPS) is 10.5. The average molecular weight is 222 g/mol. The molecule has 0 spiro atoms. The van der Waals surface area contributed by atoms with Crippen LogP contribution < -0.4 is 5.73 Å². The number of nitrogens with two attached hydrogens (primary N) is 1. The molecule has 0 atom stereocenters. The van der Waals surface area contributed by atoms with Crippen molar-refractivity contribution in [2.24, 2.45) is 5.73 Å². The van der Waals surface area contributed by atoms with Gasteiger partial charge in [0.05, 0.1) is 16.9 Å². The van der Waals surface area contributed by atoms with Crippen molar-refractivity contribution in [1.82, 2.24) is 9.78 Å². The minimum absolute atomic E-state index is 0.638. The SMILES string of the molecule is NCCc1cccc(-n2cc(Cl)cn2)c1. The summed E-state index contributed by atoms with van der Waals surface area (Å²) in [7, 11) is 0. The van der Waals surface area contributed by atoms with Crippen LogP contribution >= 0.6 is 11.6 Å². The number of benzene rings is 1. The van der Waals surface area contributed by atoms with Gasteiger partial charge in [0.1, 0.15) is 0 Å². The number of aromatic nitrogens is 2. The molecule has 0 radical (unpaired) electrons. The van der Waals surface area contributed by atoms with Gasteiger partial charge in [-0.05, 0) is 30.7 Å². The lowest BCUT2D eigenvalue weighted by atomic mass is 10.1. The third-order valence-electron chi connectivity index (χ3n) is 2.16. The highest BCUT2D eigenvalue weighted by atomic mass is 35.5. The first-order chi connectivity index (χ1) is 7.29. The van der Waals surface area contributed by atoms with Gasteiger partial charge in [0.25, 0.3) is 0 Å². The van der Waals surface area contributed by atoms with Crippen LogP contribution in [0.5, 0.6) is 0 Å². The summed E-state index contributed by atoms with van der Waals surface area (Å²) in [6.07, 6.45) is 4.28. The third kappa shape index (κ3) is 2.37. The van der Waals surface area contributed by atoms with E-state index in [1.807, 2.05) is 12.1 Å². The summed E-state index contributed by atoms with van der Waals surface area (Å²) in [6.45, 7) is 0.656. The summed E-state index contributed by atoms with van der Waals surface area (Å²) < 4.78 is 1.75. The van der Waals surface area contributed by atoms with Gasteiger partial charge < -0.3 is 5.73 Å². The molecule has 78 valence electrons. The third-order valence-corrected chi connectivity index (χ3v) is 2.35. The van der Waals surface area contributed by atoms with E-state index in [2.05, 4.69) is 17.2 Å². The molecule has 15 heavy (non-hydrogen) atoms. The molecule has 0 unspecified atom stereocenters. The number of rotatable bonds is 3. The summed E-state index contributed by atoms with van der Waals surface area (Å²) in [5.41, 5.74) is 7.73. The Balaban J connectivity index is 2.32. The predicted octanol–water partition coefficient (Wildman–Crippen LogP) is 2.03. The molecule has 0 fully saturated rings. The molecule has 1 aromatic heterocycles. The van der Waals surface area contributed by atoms with Crippen LogP contribution in [-0.2, 0) is 6.42 Å². The van der Waals surface area contributed by atoms with Gasteiger partial charge >= 0.3 is 0 Å². The maximum Gasteiger partial charge on any atom is 0.0790 e. The molecule has 1 aromatic carbocycles. The molecular formula is C11H12ClN3. The van der Waals surface area contributed by atoms with E-state index in [9.17, 15) is 0 Å². The van der Waals surface area contributed by atoms with Crippen LogP contribution in [-0.4, -0.2) is 16.3 Å². The summed E-state index contributed by atoms with van der Waals surface area (Å²) in [5, 5.41) is 4.78. The number of nitrogens with zero attached hydrogens (tertiary/aromatic N) is 2. The topological polar surface area (TPSA) is 43.8 Å². The Bertz CT molecular complexity index is 451. The van der Waals surface area contributed by atoms with Crippen molar-refractivity contribution in [3.8, 4) is 5.69 Å². The standard InChI is InChI=1S/C11H12ClN3/c12-10-7-14-15(8-10)11-3-1-2-9(6-11)4-5-13/h1-3,6-8H,4-5,13H2. The quantitative estimate of drug-likeness (QED) is 0.862. The maximum absolute atomic E-state index is 5.81. The molecule has 2 aromatic rings. The van der Waals surface area contributed by atoms with Gasteiger partial charge in [-0.15, -0.1) is 0 Å². The van der Waals surface area contributed by atoms with Crippen LogP contribution in [0.2, 0.25) is 5.02 Å². The molecule has 0 saturated heterocycles. The second-order valence-corrected chi connectivity index (χ2v) is 3.75. The van der Waals surface area contributed by atoms with Gasteiger partial charge in [-0.1, -0.05) is 23.7 Å². The maximum atomic E-state index is 5.81. The first-order valence-corrected chi connectivity index (χ1v) is 5.17. The first kappa shape index (κ1) is 10.2. The largest absolute Gasteiger partial charge is 0.330 e. The Kier molecular flexibility index (Phi) is 3.04. The van der Waals surface area contributed by atoms with E-state index in [-0.39, 0.29) is 0 Å². The molecule has 3 nitrogen and oxygen atoms in total. The highest BCUT2D eigenvalue weighted by Gasteiger charge is 1.99. The zero-order chi connectivity index (χ0) is 10.7. The van der Waals surface area contributed by atoms with E-state index in [1.165, 1.54) is 5.56 Å². The fourth-order valence-electron chi connectivity index (χ4n) is 1.46. The molecule has 1 heterocycles. The van der Waals surface area contributed by atoms with Crippen LogP contribution in [0.25, 0.3) is 5.69 Å². The van der Waals surface area contributed by atoms with Crippen molar-refractivity contribution >= 4 is 11.6 Å². The minimum Gasteiger partial charge on any atom is -0.330 e. The fourth-order valence-corrected chi connectivity index (χ4v) is 1.60. The zero-order valence-electron chi connectivity index (χ0n) is 8.23. The van der Waals surface area contributed by atoms with E-state index < -0.39 is 0 Å². The van der Waals surface area contributed by atoms with Crippen molar-refractivity contribution in [1.29, 1.82) is 0 Å². The Morgan fingerprint density at radius 1 is 1.40 bits per heavy atom. The second-order valence-electron chi connectivity index (χ2n) is 3.31. The van der Waals surface area contributed by atoms with E-state index in [4.69, 9.17) is 17.3 Å². The lowest BCUT2D eigenvalue weighted by molar-refractivity contribution is 0.873. The Morgan fingerprint density at radius 3 is 2.93 bits per heavy atom. The molecule has 0 aliphatic rings. The van der Waals surface area contributed by atoms with Crippen molar-refractivity contribution < 1.29 is 0 Å². The summed E-state index contributed by atoms with van der Waals surface area (Å²) in [4.78, 5) is 0. The Labute approximate surface area is 93.5 Å². The molecule has 4 heteroatoms. The van der Waals surface area contributed by atoms with E-state index in [0.717, 1.165) is 12.1 Å². The van der Waals surface area contributed by atoms with Gasteiger partial charge in [-0.2, -0.15) is 5.10 Å².